The van der Waals surface area contributed by atoms with Gasteiger partial charge in [0.25, 0.3) is 0 Å². The standard InChI is InChI=1S/C17H23FN2O4/c1-17(2,3)24-16(23)20-9-7-19(8-10-20)14(15(21)22)12-5-4-6-13(18)11-12/h4-6,11,14H,7-10H2,1-3H3,(H,21,22). The Bertz CT molecular complexity index is 607. The summed E-state index contributed by atoms with van der Waals surface area (Å²) in [6, 6.07) is 4.68. The fourth-order valence-corrected chi connectivity index (χ4v) is 2.68. The van der Waals surface area contributed by atoms with Gasteiger partial charge in [0, 0.05) is 26.2 Å². The Hall–Kier alpha value is -2.15. The minimum absolute atomic E-state index is 0.369. The van der Waals surface area contributed by atoms with Crippen molar-refractivity contribution in [3.8, 4) is 0 Å². The first-order valence-corrected chi connectivity index (χ1v) is 7.87. The lowest BCUT2D eigenvalue weighted by atomic mass is 10.0. The number of carboxylic acids is 1. The van der Waals surface area contributed by atoms with Gasteiger partial charge in [-0.3, -0.25) is 9.69 Å². The Kier molecular flexibility index (Phi) is 5.43. The van der Waals surface area contributed by atoms with Gasteiger partial charge in [-0.25, -0.2) is 9.18 Å². The van der Waals surface area contributed by atoms with E-state index in [1.165, 1.54) is 18.2 Å². The predicted molar refractivity (Wildman–Crippen MR) is 86.2 cm³/mol. The number of hydrogen-bond acceptors (Lipinski definition) is 4. The quantitative estimate of drug-likeness (QED) is 0.917. The fourth-order valence-electron chi connectivity index (χ4n) is 2.68. The maximum atomic E-state index is 13.4. The predicted octanol–water partition coefficient (Wildman–Crippen LogP) is 2.50. The average molecular weight is 338 g/mol. The lowest BCUT2D eigenvalue weighted by molar-refractivity contribution is -0.144. The van der Waals surface area contributed by atoms with Crippen molar-refractivity contribution < 1.29 is 23.8 Å². The van der Waals surface area contributed by atoms with E-state index in [4.69, 9.17) is 4.74 Å². The number of carboxylic acid groups (broad SMARTS) is 1. The van der Waals surface area contributed by atoms with Gasteiger partial charge >= 0.3 is 12.1 Å². The van der Waals surface area contributed by atoms with Crippen molar-refractivity contribution in [3.63, 3.8) is 0 Å². The molecule has 0 bridgehead atoms. The van der Waals surface area contributed by atoms with E-state index in [1.807, 2.05) is 0 Å². The SMILES string of the molecule is CC(C)(C)OC(=O)N1CCN(C(C(=O)O)c2cccc(F)c2)CC1. The summed E-state index contributed by atoms with van der Waals surface area (Å²) >= 11 is 0. The van der Waals surface area contributed by atoms with Crippen molar-refractivity contribution in [2.24, 2.45) is 0 Å². The van der Waals surface area contributed by atoms with E-state index in [-0.39, 0.29) is 0 Å². The van der Waals surface area contributed by atoms with Crippen LogP contribution in [0.5, 0.6) is 0 Å². The summed E-state index contributed by atoms with van der Waals surface area (Å²) in [5.74, 6) is -1.50. The zero-order valence-electron chi connectivity index (χ0n) is 14.2. The van der Waals surface area contributed by atoms with Crippen LogP contribution < -0.4 is 0 Å². The summed E-state index contributed by atoms with van der Waals surface area (Å²) in [5, 5.41) is 9.53. The van der Waals surface area contributed by atoms with Gasteiger partial charge in [0.05, 0.1) is 0 Å². The van der Waals surface area contributed by atoms with Crippen molar-refractivity contribution in [3.05, 3.63) is 35.6 Å². The number of ether oxygens (including phenoxy) is 1. The molecule has 0 radical (unpaired) electrons. The molecule has 24 heavy (non-hydrogen) atoms. The molecule has 7 heteroatoms. The molecular formula is C17H23FN2O4. The van der Waals surface area contributed by atoms with E-state index >= 15 is 0 Å². The molecule has 1 N–H and O–H groups in total. The highest BCUT2D eigenvalue weighted by molar-refractivity contribution is 5.75. The Morgan fingerprint density at radius 2 is 1.83 bits per heavy atom. The average Bonchev–Trinajstić information content (AvgIpc) is 2.46. The normalized spacial score (nSPS) is 17.4. The summed E-state index contributed by atoms with van der Waals surface area (Å²) in [7, 11) is 0. The number of carbonyl (C=O) groups excluding carboxylic acids is 1. The molecule has 1 atom stereocenters. The third kappa shape index (κ3) is 4.67. The zero-order valence-corrected chi connectivity index (χ0v) is 14.2. The Morgan fingerprint density at radius 1 is 1.21 bits per heavy atom. The number of piperazine rings is 1. The molecule has 0 aliphatic carbocycles. The number of amides is 1. The first kappa shape index (κ1) is 18.2. The lowest BCUT2D eigenvalue weighted by Gasteiger charge is -2.38. The minimum Gasteiger partial charge on any atom is -0.480 e. The molecular weight excluding hydrogens is 315 g/mol. The summed E-state index contributed by atoms with van der Waals surface area (Å²) in [6.45, 7) is 6.89. The summed E-state index contributed by atoms with van der Waals surface area (Å²) in [4.78, 5) is 27.0. The molecule has 1 unspecified atom stereocenters. The van der Waals surface area contributed by atoms with Gasteiger partial charge in [0.2, 0.25) is 0 Å². The Morgan fingerprint density at radius 3 is 2.33 bits per heavy atom. The highest BCUT2D eigenvalue weighted by Gasteiger charge is 2.33. The van der Waals surface area contributed by atoms with Gasteiger partial charge in [-0.15, -0.1) is 0 Å². The summed E-state index contributed by atoms with van der Waals surface area (Å²) in [5.41, 5.74) is -0.174. The number of halogens is 1. The molecule has 1 amide bonds. The lowest BCUT2D eigenvalue weighted by Crippen LogP contribution is -2.52. The maximum absolute atomic E-state index is 13.4. The van der Waals surface area contributed by atoms with Crippen molar-refractivity contribution >= 4 is 12.1 Å². The Labute approximate surface area is 140 Å². The minimum atomic E-state index is -1.04. The van der Waals surface area contributed by atoms with Gasteiger partial charge < -0.3 is 14.7 Å². The molecule has 1 aromatic rings. The molecule has 1 fully saturated rings. The summed E-state index contributed by atoms with van der Waals surface area (Å²) < 4.78 is 18.7. The molecule has 2 rings (SSSR count). The number of carbonyl (C=O) groups is 2. The first-order valence-electron chi connectivity index (χ1n) is 7.87. The van der Waals surface area contributed by atoms with E-state index in [0.29, 0.717) is 31.7 Å². The third-order valence-corrected chi connectivity index (χ3v) is 3.73. The van der Waals surface area contributed by atoms with Crippen LogP contribution in [-0.4, -0.2) is 58.7 Å². The third-order valence-electron chi connectivity index (χ3n) is 3.73. The number of hydrogen-bond donors (Lipinski definition) is 1. The second-order valence-electron chi connectivity index (χ2n) is 6.80. The Balaban J connectivity index is 2.04. The van der Waals surface area contributed by atoms with Gasteiger partial charge in [-0.05, 0) is 38.5 Å². The smallest absolute Gasteiger partial charge is 0.410 e. The van der Waals surface area contributed by atoms with Crippen molar-refractivity contribution in [1.82, 2.24) is 9.80 Å². The number of rotatable bonds is 3. The largest absolute Gasteiger partial charge is 0.480 e. The van der Waals surface area contributed by atoms with E-state index < -0.39 is 29.5 Å². The molecule has 1 saturated heterocycles. The second-order valence-corrected chi connectivity index (χ2v) is 6.80. The van der Waals surface area contributed by atoms with Gasteiger partial charge in [-0.2, -0.15) is 0 Å². The van der Waals surface area contributed by atoms with Crippen molar-refractivity contribution in [2.75, 3.05) is 26.2 Å². The fraction of sp³-hybridized carbons (Fsp3) is 0.529. The first-order chi connectivity index (χ1) is 11.2. The molecule has 0 aromatic heterocycles. The van der Waals surface area contributed by atoms with Gasteiger partial charge in [0.1, 0.15) is 17.5 Å². The van der Waals surface area contributed by atoms with Crippen LogP contribution in [-0.2, 0) is 9.53 Å². The molecule has 1 aliphatic rings. The van der Waals surface area contributed by atoms with E-state index in [2.05, 4.69) is 0 Å². The molecule has 6 nitrogen and oxygen atoms in total. The van der Waals surface area contributed by atoms with Gasteiger partial charge in [-0.1, -0.05) is 12.1 Å². The molecule has 1 aromatic carbocycles. The number of aliphatic carboxylic acids is 1. The van der Waals surface area contributed by atoms with Crippen molar-refractivity contribution in [1.29, 1.82) is 0 Å². The maximum Gasteiger partial charge on any atom is 0.410 e. The summed E-state index contributed by atoms with van der Waals surface area (Å²) in [6.07, 6.45) is -0.403. The van der Waals surface area contributed by atoms with Gasteiger partial charge in [0.15, 0.2) is 0 Å². The monoisotopic (exact) mass is 338 g/mol. The van der Waals surface area contributed by atoms with E-state index in [9.17, 15) is 19.1 Å². The van der Waals surface area contributed by atoms with Crippen LogP contribution in [0.2, 0.25) is 0 Å². The molecule has 132 valence electrons. The van der Waals surface area contributed by atoms with Crippen LogP contribution in [0.25, 0.3) is 0 Å². The molecule has 0 spiro atoms. The molecule has 1 heterocycles. The second kappa shape index (κ2) is 7.17. The number of nitrogens with zero attached hydrogens (tertiary/aromatic N) is 2. The molecule has 0 saturated carbocycles. The van der Waals surface area contributed by atoms with Crippen LogP contribution in [0.4, 0.5) is 9.18 Å². The van der Waals surface area contributed by atoms with Crippen molar-refractivity contribution in [2.45, 2.75) is 32.4 Å². The topological polar surface area (TPSA) is 70.1 Å². The van der Waals surface area contributed by atoms with Crippen LogP contribution >= 0.6 is 0 Å². The van der Waals surface area contributed by atoms with Crippen LogP contribution in [0, 0.1) is 5.82 Å². The van der Waals surface area contributed by atoms with Crippen LogP contribution in [0.15, 0.2) is 24.3 Å². The van der Waals surface area contributed by atoms with Crippen LogP contribution in [0.1, 0.15) is 32.4 Å². The molecule has 1 aliphatic heterocycles. The zero-order chi connectivity index (χ0) is 17.9. The van der Waals surface area contributed by atoms with E-state index in [0.717, 1.165) is 0 Å². The number of benzene rings is 1. The van der Waals surface area contributed by atoms with E-state index in [1.54, 1.807) is 36.6 Å². The highest BCUT2D eigenvalue weighted by Crippen LogP contribution is 2.24. The highest BCUT2D eigenvalue weighted by atomic mass is 19.1. The van der Waals surface area contributed by atoms with Crippen LogP contribution in [0.3, 0.4) is 0 Å².